The van der Waals surface area contributed by atoms with Crippen molar-refractivity contribution in [1.29, 1.82) is 5.26 Å². The molecule has 0 amide bonds. The molecule has 3 nitrogen and oxygen atoms in total. The molecule has 0 N–H and O–H groups in total. The molecule has 0 aliphatic rings. The minimum absolute atomic E-state index is 0.444. The SMILES string of the molecule is N#CCCc1nccc(-c2ccccc2Br)n1. The van der Waals surface area contributed by atoms with Gasteiger partial charge in [-0.3, -0.25) is 0 Å². The lowest BCUT2D eigenvalue weighted by Gasteiger charge is -2.04. The van der Waals surface area contributed by atoms with Crippen molar-refractivity contribution < 1.29 is 0 Å². The van der Waals surface area contributed by atoms with Crippen LogP contribution in [0.3, 0.4) is 0 Å². The molecule has 2 aromatic rings. The number of hydrogen-bond acceptors (Lipinski definition) is 3. The molecule has 0 aliphatic heterocycles. The van der Waals surface area contributed by atoms with E-state index < -0.39 is 0 Å². The summed E-state index contributed by atoms with van der Waals surface area (Å²) in [7, 11) is 0. The molecule has 0 spiro atoms. The molecule has 4 heteroatoms. The number of aryl methyl sites for hydroxylation is 1. The summed E-state index contributed by atoms with van der Waals surface area (Å²) in [4.78, 5) is 8.60. The van der Waals surface area contributed by atoms with Crippen LogP contribution < -0.4 is 0 Å². The Balaban J connectivity index is 2.34. The van der Waals surface area contributed by atoms with Crippen LogP contribution in [0.2, 0.25) is 0 Å². The van der Waals surface area contributed by atoms with Crippen LogP contribution in [0.1, 0.15) is 12.2 Å². The van der Waals surface area contributed by atoms with E-state index in [1.165, 1.54) is 0 Å². The van der Waals surface area contributed by atoms with E-state index in [-0.39, 0.29) is 0 Å². The fourth-order valence-electron chi connectivity index (χ4n) is 1.51. The zero-order valence-corrected chi connectivity index (χ0v) is 10.7. The maximum Gasteiger partial charge on any atom is 0.129 e. The third-order valence-electron chi connectivity index (χ3n) is 2.32. The average molecular weight is 288 g/mol. The fraction of sp³-hybridized carbons (Fsp3) is 0.154. The van der Waals surface area contributed by atoms with E-state index >= 15 is 0 Å². The van der Waals surface area contributed by atoms with Crippen molar-refractivity contribution in [3.8, 4) is 17.3 Å². The third-order valence-corrected chi connectivity index (χ3v) is 3.01. The van der Waals surface area contributed by atoms with Crippen molar-refractivity contribution >= 4 is 15.9 Å². The Hall–Kier alpha value is -1.73. The van der Waals surface area contributed by atoms with Gasteiger partial charge in [-0.2, -0.15) is 5.26 Å². The molecule has 0 radical (unpaired) electrons. The number of halogens is 1. The number of rotatable bonds is 3. The highest BCUT2D eigenvalue weighted by atomic mass is 79.9. The monoisotopic (exact) mass is 287 g/mol. The van der Waals surface area contributed by atoms with Gasteiger partial charge in [0.15, 0.2) is 0 Å². The van der Waals surface area contributed by atoms with Crippen LogP contribution in [0, 0.1) is 11.3 Å². The summed E-state index contributed by atoms with van der Waals surface area (Å²) in [6, 6.07) is 11.9. The number of nitriles is 1. The predicted molar refractivity (Wildman–Crippen MR) is 69.1 cm³/mol. The Morgan fingerprint density at radius 2 is 2.06 bits per heavy atom. The van der Waals surface area contributed by atoms with Crippen LogP contribution in [0.5, 0.6) is 0 Å². The number of benzene rings is 1. The summed E-state index contributed by atoms with van der Waals surface area (Å²) in [6.45, 7) is 0. The van der Waals surface area contributed by atoms with Crippen molar-refractivity contribution in [2.75, 3.05) is 0 Å². The van der Waals surface area contributed by atoms with E-state index in [0.717, 1.165) is 15.7 Å². The molecular weight excluding hydrogens is 278 g/mol. The second kappa shape index (κ2) is 5.55. The van der Waals surface area contributed by atoms with Crippen molar-refractivity contribution in [1.82, 2.24) is 9.97 Å². The van der Waals surface area contributed by atoms with E-state index in [2.05, 4.69) is 32.0 Å². The van der Waals surface area contributed by atoms with Gasteiger partial charge in [-0.25, -0.2) is 9.97 Å². The molecule has 0 fully saturated rings. The number of nitrogens with zero attached hydrogens (tertiary/aromatic N) is 3. The van der Waals surface area contributed by atoms with Gasteiger partial charge < -0.3 is 0 Å². The zero-order valence-electron chi connectivity index (χ0n) is 9.10. The average Bonchev–Trinajstić information content (AvgIpc) is 2.37. The van der Waals surface area contributed by atoms with Crippen LogP contribution >= 0.6 is 15.9 Å². The largest absolute Gasteiger partial charge is 0.241 e. The normalized spacial score (nSPS) is 9.88. The first-order valence-electron chi connectivity index (χ1n) is 5.25. The van der Waals surface area contributed by atoms with E-state index in [1.807, 2.05) is 30.3 Å². The summed E-state index contributed by atoms with van der Waals surface area (Å²) >= 11 is 3.50. The Morgan fingerprint density at radius 1 is 1.24 bits per heavy atom. The highest BCUT2D eigenvalue weighted by Gasteiger charge is 2.05. The highest BCUT2D eigenvalue weighted by Crippen LogP contribution is 2.25. The van der Waals surface area contributed by atoms with E-state index in [1.54, 1.807) is 6.20 Å². The van der Waals surface area contributed by atoms with Gasteiger partial charge in [-0.1, -0.05) is 34.1 Å². The molecule has 0 aliphatic carbocycles. The van der Waals surface area contributed by atoms with Crippen LogP contribution in [0.25, 0.3) is 11.3 Å². The second-order valence-corrected chi connectivity index (χ2v) is 4.35. The topological polar surface area (TPSA) is 49.6 Å². The van der Waals surface area contributed by atoms with Gasteiger partial charge in [-0.15, -0.1) is 0 Å². The van der Waals surface area contributed by atoms with E-state index in [0.29, 0.717) is 18.7 Å². The van der Waals surface area contributed by atoms with Crippen LogP contribution in [-0.2, 0) is 6.42 Å². The van der Waals surface area contributed by atoms with Crippen molar-refractivity contribution in [2.45, 2.75) is 12.8 Å². The molecular formula is C13H10BrN3. The minimum Gasteiger partial charge on any atom is -0.241 e. The van der Waals surface area contributed by atoms with Crippen molar-refractivity contribution in [3.63, 3.8) is 0 Å². The summed E-state index contributed by atoms with van der Waals surface area (Å²) in [6.07, 6.45) is 2.77. The van der Waals surface area contributed by atoms with Crippen LogP contribution in [0.4, 0.5) is 0 Å². The molecule has 84 valence electrons. The Bertz CT molecular complexity index is 561. The predicted octanol–water partition coefficient (Wildman–Crippen LogP) is 3.36. The van der Waals surface area contributed by atoms with E-state index in [4.69, 9.17) is 5.26 Å². The summed E-state index contributed by atoms with van der Waals surface area (Å²) < 4.78 is 1.00. The van der Waals surface area contributed by atoms with Gasteiger partial charge in [-0.05, 0) is 12.1 Å². The second-order valence-electron chi connectivity index (χ2n) is 3.50. The van der Waals surface area contributed by atoms with Gasteiger partial charge in [0.2, 0.25) is 0 Å². The van der Waals surface area contributed by atoms with Gasteiger partial charge in [0, 0.05) is 29.1 Å². The lowest BCUT2D eigenvalue weighted by Crippen LogP contribution is -1.96. The molecule has 2 rings (SSSR count). The number of hydrogen-bond donors (Lipinski definition) is 0. The zero-order chi connectivity index (χ0) is 12.1. The standard InChI is InChI=1S/C13H10BrN3/c14-11-5-2-1-4-10(11)12-7-9-16-13(17-12)6-3-8-15/h1-2,4-5,7,9H,3,6H2. The summed E-state index contributed by atoms with van der Waals surface area (Å²) in [5.41, 5.74) is 1.91. The molecule has 17 heavy (non-hydrogen) atoms. The smallest absolute Gasteiger partial charge is 0.129 e. The minimum atomic E-state index is 0.444. The molecule has 0 saturated carbocycles. The molecule has 1 aromatic heterocycles. The number of aromatic nitrogens is 2. The molecule has 0 unspecified atom stereocenters. The first-order valence-corrected chi connectivity index (χ1v) is 6.04. The Morgan fingerprint density at radius 3 is 2.82 bits per heavy atom. The maximum atomic E-state index is 8.54. The van der Waals surface area contributed by atoms with Gasteiger partial charge >= 0.3 is 0 Å². The lowest BCUT2D eigenvalue weighted by molar-refractivity contribution is 0.887. The summed E-state index contributed by atoms with van der Waals surface area (Å²) in [5, 5.41) is 8.54. The fourth-order valence-corrected chi connectivity index (χ4v) is 1.99. The molecule has 1 aromatic carbocycles. The van der Waals surface area contributed by atoms with Crippen LogP contribution in [0.15, 0.2) is 41.0 Å². The van der Waals surface area contributed by atoms with Crippen LogP contribution in [-0.4, -0.2) is 9.97 Å². The molecule has 0 saturated heterocycles. The maximum absolute atomic E-state index is 8.54. The highest BCUT2D eigenvalue weighted by molar-refractivity contribution is 9.10. The van der Waals surface area contributed by atoms with Crippen molar-refractivity contribution in [3.05, 3.63) is 46.8 Å². The lowest BCUT2D eigenvalue weighted by atomic mass is 10.1. The summed E-state index contributed by atoms with van der Waals surface area (Å²) in [5.74, 6) is 0.708. The first kappa shape index (κ1) is 11.7. The van der Waals surface area contributed by atoms with E-state index in [9.17, 15) is 0 Å². The first-order chi connectivity index (χ1) is 8.31. The molecule has 1 heterocycles. The van der Waals surface area contributed by atoms with Gasteiger partial charge in [0.05, 0.1) is 11.8 Å². The molecule has 0 atom stereocenters. The Kier molecular flexibility index (Phi) is 3.84. The third kappa shape index (κ3) is 2.89. The van der Waals surface area contributed by atoms with Gasteiger partial charge in [0.1, 0.15) is 5.82 Å². The molecule has 0 bridgehead atoms. The quantitative estimate of drug-likeness (QED) is 0.870. The van der Waals surface area contributed by atoms with Crippen molar-refractivity contribution in [2.24, 2.45) is 0 Å². The van der Waals surface area contributed by atoms with Gasteiger partial charge in [0.25, 0.3) is 0 Å². The Labute approximate surface area is 108 Å².